The monoisotopic (exact) mass is 231 g/mol. The fourth-order valence-electron chi connectivity index (χ4n) is 1.68. The molecule has 0 radical (unpaired) electrons. The van der Waals surface area contributed by atoms with Gasteiger partial charge in [0.05, 0.1) is 5.38 Å². The summed E-state index contributed by atoms with van der Waals surface area (Å²) >= 11 is 6.35. The highest BCUT2D eigenvalue weighted by Gasteiger charge is 2.08. The summed E-state index contributed by atoms with van der Waals surface area (Å²) < 4.78 is 0. The van der Waals surface area contributed by atoms with Gasteiger partial charge in [-0.15, -0.1) is 11.6 Å². The van der Waals surface area contributed by atoms with E-state index in [2.05, 4.69) is 4.98 Å². The first-order valence-electron chi connectivity index (χ1n) is 5.37. The molecule has 0 aliphatic carbocycles. The summed E-state index contributed by atoms with van der Waals surface area (Å²) in [7, 11) is 0. The van der Waals surface area contributed by atoms with E-state index in [9.17, 15) is 0 Å². The van der Waals surface area contributed by atoms with E-state index in [4.69, 9.17) is 11.6 Å². The average Bonchev–Trinajstić information content (AvgIpc) is 2.30. The Morgan fingerprint density at radius 2 is 1.81 bits per heavy atom. The van der Waals surface area contributed by atoms with Crippen molar-refractivity contribution in [3.63, 3.8) is 0 Å². The lowest BCUT2D eigenvalue weighted by Crippen LogP contribution is -1.98. The molecule has 0 aliphatic heterocycles. The number of pyridine rings is 1. The Kier molecular flexibility index (Phi) is 3.58. The van der Waals surface area contributed by atoms with Gasteiger partial charge in [-0.25, -0.2) is 0 Å². The molecule has 82 valence electrons. The maximum Gasteiger partial charge on any atom is 0.0640 e. The molecule has 0 aliphatic rings. The molecule has 1 heterocycles. The first-order chi connectivity index (χ1) is 7.75. The molecule has 2 rings (SSSR count). The largest absolute Gasteiger partial charge is 0.258 e. The number of nitrogens with zero attached hydrogens (tertiary/aromatic N) is 1. The molecular formula is C14H14ClN. The Morgan fingerprint density at radius 3 is 2.50 bits per heavy atom. The molecule has 1 nitrogen and oxygen atoms in total. The maximum atomic E-state index is 6.35. The Balaban J connectivity index is 2.11. The van der Waals surface area contributed by atoms with E-state index >= 15 is 0 Å². The lowest BCUT2D eigenvalue weighted by Gasteiger charge is -2.09. The first-order valence-corrected chi connectivity index (χ1v) is 5.81. The van der Waals surface area contributed by atoms with Crippen LogP contribution in [0.15, 0.2) is 48.5 Å². The van der Waals surface area contributed by atoms with Crippen molar-refractivity contribution in [2.24, 2.45) is 0 Å². The lowest BCUT2D eigenvalue weighted by molar-refractivity contribution is 0.873. The SMILES string of the molecule is Cc1cccc(CC(Cl)c2ccccc2)n1. The second kappa shape index (κ2) is 5.13. The van der Waals surface area contributed by atoms with E-state index in [0.717, 1.165) is 23.4 Å². The summed E-state index contributed by atoms with van der Waals surface area (Å²) in [5.74, 6) is 0. The number of hydrogen-bond acceptors (Lipinski definition) is 1. The number of aryl methyl sites for hydroxylation is 1. The molecule has 0 N–H and O–H groups in total. The zero-order valence-corrected chi connectivity index (χ0v) is 9.98. The first kappa shape index (κ1) is 11.2. The van der Waals surface area contributed by atoms with Crippen LogP contribution in [-0.4, -0.2) is 4.98 Å². The van der Waals surface area contributed by atoms with Crippen molar-refractivity contribution < 1.29 is 0 Å². The van der Waals surface area contributed by atoms with E-state index in [0.29, 0.717) is 0 Å². The highest BCUT2D eigenvalue weighted by Crippen LogP contribution is 2.23. The minimum atomic E-state index is -0.00417. The standard InChI is InChI=1S/C14H14ClN/c1-11-6-5-9-13(16-11)10-14(15)12-7-3-2-4-8-12/h2-9,14H,10H2,1H3. The Labute approximate surface area is 101 Å². The zero-order valence-electron chi connectivity index (χ0n) is 9.23. The molecular weight excluding hydrogens is 218 g/mol. The van der Waals surface area contributed by atoms with Crippen molar-refractivity contribution in [2.45, 2.75) is 18.7 Å². The van der Waals surface area contributed by atoms with Gasteiger partial charge in [0.15, 0.2) is 0 Å². The summed E-state index contributed by atoms with van der Waals surface area (Å²) in [5.41, 5.74) is 3.23. The third kappa shape index (κ3) is 2.83. The minimum absolute atomic E-state index is 0.00417. The fraction of sp³-hybridized carbons (Fsp3) is 0.214. The smallest absolute Gasteiger partial charge is 0.0640 e. The van der Waals surface area contributed by atoms with Gasteiger partial charge in [0.1, 0.15) is 0 Å². The van der Waals surface area contributed by atoms with Crippen LogP contribution in [0.2, 0.25) is 0 Å². The van der Waals surface area contributed by atoms with Crippen molar-refractivity contribution in [2.75, 3.05) is 0 Å². The molecule has 2 aromatic rings. The minimum Gasteiger partial charge on any atom is -0.258 e. The second-order valence-corrected chi connectivity index (χ2v) is 4.38. The van der Waals surface area contributed by atoms with Gasteiger partial charge in [-0.05, 0) is 24.6 Å². The molecule has 0 saturated carbocycles. The molecule has 0 fully saturated rings. The summed E-state index contributed by atoms with van der Waals surface area (Å²) in [4.78, 5) is 4.45. The van der Waals surface area contributed by atoms with E-state index in [1.54, 1.807) is 0 Å². The molecule has 0 saturated heterocycles. The Morgan fingerprint density at radius 1 is 1.06 bits per heavy atom. The third-order valence-corrected chi connectivity index (χ3v) is 2.90. The maximum absolute atomic E-state index is 6.35. The number of aromatic nitrogens is 1. The lowest BCUT2D eigenvalue weighted by atomic mass is 10.1. The Hall–Kier alpha value is -1.34. The molecule has 0 spiro atoms. The predicted molar refractivity (Wildman–Crippen MR) is 67.7 cm³/mol. The molecule has 2 heteroatoms. The van der Waals surface area contributed by atoms with Gasteiger partial charge in [0.2, 0.25) is 0 Å². The summed E-state index contributed by atoms with van der Waals surface area (Å²) in [5, 5.41) is -0.00417. The molecule has 0 bridgehead atoms. The normalized spacial score (nSPS) is 12.4. The van der Waals surface area contributed by atoms with Gasteiger partial charge in [0, 0.05) is 17.8 Å². The van der Waals surface area contributed by atoms with Crippen LogP contribution in [-0.2, 0) is 6.42 Å². The van der Waals surface area contributed by atoms with Crippen molar-refractivity contribution in [1.82, 2.24) is 4.98 Å². The van der Waals surface area contributed by atoms with E-state index < -0.39 is 0 Å². The van der Waals surface area contributed by atoms with Crippen molar-refractivity contribution in [3.05, 3.63) is 65.5 Å². The quantitative estimate of drug-likeness (QED) is 0.730. The molecule has 1 aromatic carbocycles. The molecule has 16 heavy (non-hydrogen) atoms. The summed E-state index contributed by atoms with van der Waals surface area (Å²) in [6, 6.07) is 16.1. The van der Waals surface area contributed by atoms with Crippen molar-refractivity contribution >= 4 is 11.6 Å². The molecule has 1 aromatic heterocycles. The molecule has 1 unspecified atom stereocenters. The zero-order chi connectivity index (χ0) is 11.4. The number of rotatable bonds is 3. The number of benzene rings is 1. The van der Waals surface area contributed by atoms with Crippen molar-refractivity contribution in [3.8, 4) is 0 Å². The van der Waals surface area contributed by atoms with Gasteiger partial charge >= 0.3 is 0 Å². The van der Waals surface area contributed by atoms with Crippen LogP contribution in [0, 0.1) is 6.92 Å². The van der Waals surface area contributed by atoms with Gasteiger partial charge in [0.25, 0.3) is 0 Å². The average molecular weight is 232 g/mol. The number of alkyl halides is 1. The van der Waals surface area contributed by atoms with Crippen LogP contribution in [0.3, 0.4) is 0 Å². The van der Waals surface area contributed by atoms with Crippen LogP contribution in [0.25, 0.3) is 0 Å². The number of hydrogen-bond donors (Lipinski definition) is 0. The van der Waals surface area contributed by atoms with Crippen LogP contribution < -0.4 is 0 Å². The Bertz CT molecular complexity index is 453. The van der Waals surface area contributed by atoms with Crippen LogP contribution >= 0.6 is 11.6 Å². The van der Waals surface area contributed by atoms with Crippen LogP contribution in [0.4, 0.5) is 0 Å². The molecule has 0 amide bonds. The van der Waals surface area contributed by atoms with E-state index in [-0.39, 0.29) is 5.38 Å². The van der Waals surface area contributed by atoms with Gasteiger partial charge in [-0.3, -0.25) is 4.98 Å². The number of halogens is 1. The molecule has 1 atom stereocenters. The van der Waals surface area contributed by atoms with E-state index in [1.165, 1.54) is 0 Å². The van der Waals surface area contributed by atoms with Crippen molar-refractivity contribution in [1.29, 1.82) is 0 Å². The predicted octanol–water partition coefficient (Wildman–Crippen LogP) is 3.91. The van der Waals surface area contributed by atoms with Crippen LogP contribution in [0.1, 0.15) is 22.3 Å². The topological polar surface area (TPSA) is 12.9 Å². The van der Waals surface area contributed by atoms with Gasteiger partial charge in [-0.1, -0.05) is 36.4 Å². The van der Waals surface area contributed by atoms with Gasteiger partial charge in [-0.2, -0.15) is 0 Å². The van der Waals surface area contributed by atoms with Crippen LogP contribution in [0.5, 0.6) is 0 Å². The summed E-state index contributed by atoms with van der Waals surface area (Å²) in [6.45, 7) is 2.00. The van der Waals surface area contributed by atoms with Gasteiger partial charge < -0.3 is 0 Å². The fourth-order valence-corrected chi connectivity index (χ4v) is 1.98. The van der Waals surface area contributed by atoms with E-state index in [1.807, 2.05) is 55.5 Å². The highest BCUT2D eigenvalue weighted by atomic mass is 35.5. The third-order valence-electron chi connectivity index (χ3n) is 2.50. The second-order valence-electron chi connectivity index (χ2n) is 3.85. The highest BCUT2D eigenvalue weighted by molar-refractivity contribution is 6.20. The summed E-state index contributed by atoms with van der Waals surface area (Å²) in [6.07, 6.45) is 0.771.